The Morgan fingerprint density at radius 2 is 2.05 bits per heavy atom. The molecule has 1 aliphatic heterocycles. The van der Waals surface area contributed by atoms with Crippen LogP contribution in [0.15, 0.2) is 12.1 Å². The highest BCUT2D eigenvalue weighted by atomic mass is 32.1. The van der Waals surface area contributed by atoms with Gasteiger partial charge in [0.15, 0.2) is 0 Å². The van der Waals surface area contributed by atoms with Gasteiger partial charge < -0.3 is 10.2 Å². The van der Waals surface area contributed by atoms with Gasteiger partial charge in [-0.2, -0.15) is 0 Å². The Labute approximate surface area is 117 Å². The van der Waals surface area contributed by atoms with Crippen molar-refractivity contribution < 1.29 is 9.59 Å². The van der Waals surface area contributed by atoms with Gasteiger partial charge in [-0.3, -0.25) is 9.59 Å². The molecule has 1 N–H and O–H groups in total. The molecule has 2 rings (SSSR count). The van der Waals surface area contributed by atoms with Crippen LogP contribution >= 0.6 is 11.3 Å². The molecule has 4 nitrogen and oxygen atoms in total. The molecular weight excluding hydrogens is 260 g/mol. The van der Waals surface area contributed by atoms with Gasteiger partial charge >= 0.3 is 0 Å². The number of amides is 2. The lowest BCUT2D eigenvalue weighted by Gasteiger charge is -2.39. The van der Waals surface area contributed by atoms with Gasteiger partial charge in [0.25, 0.3) is 0 Å². The van der Waals surface area contributed by atoms with E-state index in [0.717, 1.165) is 4.88 Å². The maximum absolute atomic E-state index is 12.3. The van der Waals surface area contributed by atoms with Gasteiger partial charge in [-0.25, -0.2) is 0 Å². The van der Waals surface area contributed by atoms with Crippen LogP contribution in [-0.2, 0) is 16.1 Å². The third-order valence-electron chi connectivity index (χ3n) is 3.37. The Bertz CT molecular complexity index is 495. The van der Waals surface area contributed by atoms with Crippen molar-refractivity contribution in [3.05, 3.63) is 21.9 Å². The van der Waals surface area contributed by atoms with Crippen molar-refractivity contribution in [3.63, 3.8) is 0 Å². The minimum Gasteiger partial charge on any atom is -0.343 e. The molecular formula is C14H20N2O2S. The van der Waals surface area contributed by atoms with Crippen LogP contribution in [0.25, 0.3) is 0 Å². The monoisotopic (exact) mass is 280 g/mol. The molecule has 2 atom stereocenters. The maximum Gasteiger partial charge on any atom is 0.245 e. The summed E-state index contributed by atoms with van der Waals surface area (Å²) in [6.07, 6.45) is 0. The van der Waals surface area contributed by atoms with Crippen molar-refractivity contribution in [2.75, 3.05) is 0 Å². The van der Waals surface area contributed by atoms with E-state index in [1.807, 2.05) is 32.9 Å². The molecule has 0 bridgehead atoms. The quantitative estimate of drug-likeness (QED) is 0.919. The van der Waals surface area contributed by atoms with Crippen LogP contribution in [0, 0.1) is 12.8 Å². The smallest absolute Gasteiger partial charge is 0.245 e. The van der Waals surface area contributed by atoms with Crippen LogP contribution < -0.4 is 5.32 Å². The van der Waals surface area contributed by atoms with Gasteiger partial charge in [0.1, 0.15) is 12.1 Å². The standard InChI is InChI=1S/C14H20N2O2S/c1-8(2)12-13(17)15-10(4)14(18)16(12)7-11-6-5-9(3)19-11/h5-6,8,10,12H,7H2,1-4H3,(H,15,17). The van der Waals surface area contributed by atoms with Crippen molar-refractivity contribution in [3.8, 4) is 0 Å². The molecule has 1 aromatic rings. The zero-order valence-electron chi connectivity index (χ0n) is 11.8. The molecule has 104 valence electrons. The second-order valence-corrected chi connectivity index (χ2v) is 6.77. The minimum atomic E-state index is -0.427. The van der Waals surface area contributed by atoms with Crippen molar-refractivity contribution >= 4 is 23.2 Å². The number of nitrogens with one attached hydrogen (secondary N) is 1. The number of hydrogen-bond acceptors (Lipinski definition) is 3. The number of piperazine rings is 1. The highest BCUT2D eigenvalue weighted by Gasteiger charge is 2.40. The Hall–Kier alpha value is -1.36. The first-order valence-corrected chi connectivity index (χ1v) is 7.38. The van der Waals surface area contributed by atoms with Crippen LogP contribution in [0.1, 0.15) is 30.5 Å². The summed E-state index contributed by atoms with van der Waals surface area (Å²) < 4.78 is 0. The number of thiophene rings is 1. The second-order valence-electron chi connectivity index (χ2n) is 5.40. The van der Waals surface area contributed by atoms with Crippen LogP contribution in [-0.4, -0.2) is 28.8 Å². The van der Waals surface area contributed by atoms with E-state index in [9.17, 15) is 9.59 Å². The van der Waals surface area contributed by atoms with E-state index in [-0.39, 0.29) is 23.8 Å². The number of carbonyl (C=O) groups is 2. The summed E-state index contributed by atoms with van der Waals surface area (Å²) in [5, 5.41) is 2.75. The Kier molecular flexibility index (Phi) is 3.94. The summed E-state index contributed by atoms with van der Waals surface area (Å²) in [6.45, 7) is 8.25. The zero-order valence-corrected chi connectivity index (χ0v) is 12.6. The van der Waals surface area contributed by atoms with Crippen LogP contribution in [0.3, 0.4) is 0 Å². The molecule has 19 heavy (non-hydrogen) atoms. The summed E-state index contributed by atoms with van der Waals surface area (Å²) in [5.41, 5.74) is 0. The van der Waals surface area contributed by atoms with Crippen LogP contribution in [0.5, 0.6) is 0 Å². The Morgan fingerprint density at radius 1 is 1.37 bits per heavy atom. The summed E-state index contributed by atoms with van der Waals surface area (Å²) in [6, 6.07) is 3.28. The van der Waals surface area contributed by atoms with E-state index >= 15 is 0 Å². The highest BCUT2D eigenvalue weighted by molar-refractivity contribution is 7.11. The lowest BCUT2D eigenvalue weighted by molar-refractivity contribution is -0.151. The van der Waals surface area contributed by atoms with Gasteiger partial charge in [0.2, 0.25) is 11.8 Å². The molecule has 1 aliphatic rings. The van der Waals surface area contributed by atoms with Crippen LogP contribution in [0.2, 0.25) is 0 Å². The molecule has 0 radical (unpaired) electrons. The fraction of sp³-hybridized carbons (Fsp3) is 0.571. The van der Waals surface area contributed by atoms with E-state index in [0.29, 0.717) is 6.54 Å². The maximum atomic E-state index is 12.3. The summed E-state index contributed by atoms with van der Waals surface area (Å²) in [5.74, 6) is 0.0669. The molecule has 0 aromatic carbocycles. The summed E-state index contributed by atoms with van der Waals surface area (Å²) >= 11 is 1.67. The Balaban J connectivity index is 2.25. The molecule has 0 spiro atoms. The fourth-order valence-electron chi connectivity index (χ4n) is 2.46. The van der Waals surface area contributed by atoms with Gasteiger partial charge in [0, 0.05) is 9.75 Å². The third kappa shape index (κ3) is 2.81. The summed E-state index contributed by atoms with van der Waals surface area (Å²) in [4.78, 5) is 28.5. The number of nitrogens with zero attached hydrogens (tertiary/aromatic N) is 1. The highest BCUT2D eigenvalue weighted by Crippen LogP contribution is 2.23. The number of carbonyl (C=O) groups excluding carboxylic acids is 2. The predicted octanol–water partition coefficient (Wildman–Crippen LogP) is 1.93. The van der Waals surface area contributed by atoms with Gasteiger partial charge in [0.05, 0.1) is 6.54 Å². The van der Waals surface area contributed by atoms with E-state index < -0.39 is 6.04 Å². The predicted molar refractivity (Wildman–Crippen MR) is 75.8 cm³/mol. The van der Waals surface area contributed by atoms with Gasteiger partial charge in [-0.1, -0.05) is 13.8 Å². The minimum absolute atomic E-state index is 0.00403. The number of hydrogen-bond donors (Lipinski definition) is 1. The summed E-state index contributed by atoms with van der Waals surface area (Å²) in [7, 11) is 0. The first-order valence-electron chi connectivity index (χ1n) is 6.56. The zero-order chi connectivity index (χ0) is 14.2. The molecule has 2 unspecified atom stereocenters. The molecule has 0 saturated carbocycles. The average molecular weight is 280 g/mol. The van der Waals surface area contributed by atoms with E-state index in [4.69, 9.17) is 0 Å². The Morgan fingerprint density at radius 3 is 2.58 bits per heavy atom. The SMILES string of the molecule is Cc1ccc(CN2C(=O)C(C)NC(=O)C2C(C)C)s1. The fourth-order valence-corrected chi connectivity index (χ4v) is 3.35. The molecule has 2 amide bonds. The molecule has 2 heterocycles. The molecule has 1 fully saturated rings. The normalized spacial score (nSPS) is 23.9. The first kappa shape index (κ1) is 14.1. The topological polar surface area (TPSA) is 49.4 Å². The first-order chi connectivity index (χ1) is 8.90. The van der Waals surface area contributed by atoms with E-state index in [1.54, 1.807) is 23.2 Å². The number of rotatable bonds is 3. The van der Waals surface area contributed by atoms with Crippen molar-refractivity contribution in [2.45, 2.75) is 46.3 Å². The molecule has 1 saturated heterocycles. The van der Waals surface area contributed by atoms with Crippen molar-refractivity contribution in [1.29, 1.82) is 0 Å². The lowest BCUT2D eigenvalue weighted by Crippen LogP contribution is -2.63. The van der Waals surface area contributed by atoms with Crippen molar-refractivity contribution in [1.82, 2.24) is 10.2 Å². The lowest BCUT2D eigenvalue weighted by atomic mass is 9.97. The van der Waals surface area contributed by atoms with Gasteiger partial charge in [-0.05, 0) is 31.9 Å². The van der Waals surface area contributed by atoms with E-state index in [1.165, 1.54) is 4.88 Å². The molecule has 5 heteroatoms. The second kappa shape index (κ2) is 5.33. The van der Waals surface area contributed by atoms with Gasteiger partial charge in [-0.15, -0.1) is 11.3 Å². The van der Waals surface area contributed by atoms with E-state index in [2.05, 4.69) is 5.32 Å². The largest absolute Gasteiger partial charge is 0.343 e. The van der Waals surface area contributed by atoms with Crippen LogP contribution in [0.4, 0.5) is 0 Å². The average Bonchev–Trinajstić information content (AvgIpc) is 2.71. The molecule has 1 aromatic heterocycles. The third-order valence-corrected chi connectivity index (χ3v) is 4.36. The number of aryl methyl sites for hydroxylation is 1. The molecule has 0 aliphatic carbocycles. The van der Waals surface area contributed by atoms with Crippen molar-refractivity contribution in [2.24, 2.45) is 5.92 Å².